The predicted octanol–water partition coefficient (Wildman–Crippen LogP) is 1.73. The van der Waals surface area contributed by atoms with E-state index >= 15 is 0 Å². The van der Waals surface area contributed by atoms with Crippen molar-refractivity contribution in [3.8, 4) is 0 Å². The molecular formula is C11H19N3O3S2. The average Bonchev–Trinajstić information content (AvgIpc) is 2.55. The first-order valence-corrected chi connectivity index (χ1v) is 8.06. The highest BCUT2D eigenvalue weighted by atomic mass is 32.2. The van der Waals surface area contributed by atoms with Crippen LogP contribution in [0.15, 0.2) is 4.21 Å². The smallest absolute Gasteiger partial charge is 0.252 e. The third kappa shape index (κ3) is 4.88. The zero-order chi connectivity index (χ0) is 14.8. The number of aromatic nitrogens is 1. The molecule has 0 aliphatic heterocycles. The molecule has 1 amide bonds. The van der Waals surface area contributed by atoms with Crippen LogP contribution >= 0.6 is 11.3 Å². The number of nitrogens with one attached hydrogen (secondary N) is 2. The molecule has 0 radical (unpaired) electrons. The summed E-state index contributed by atoms with van der Waals surface area (Å²) >= 11 is 0.952. The maximum atomic E-state index is 12.1. The number of amides is 1. The topological polar surface area (TPSA) is 88.2 Å². The van der Waals surface area contributed by atoms with Crippen LogP contribution in [-0.2, 0) is 14.8 Å². The Hall–Kier alpha value is -0.990. The van der Waals surface area contributed by atoms with Gasteiger partial charge >= 0.3 is 0 Å². The molecule has 0 aromatic carbocycles. The Morgan fingerprint density at radius 2 is 1.95 bits per heavy atom. The number of thiazole rings is 1. The number of rotatable bonds is 4. The molecule has 19 heavy (non-hydrogen) atoms. The average molecular weight is 305 g/mol. The van der Waals surface area contributed by atoms with Crippen molar-refractivity contribution in [3.05, 3.63) is 5.69 Å². The molecule has 1 rings (SSSR count). The highest BCUT2D eigenvalue weighted by Crippen LogP contribution is 2.27. The molecule has 2 N–H and O–H groups in total. The van der Waals surface area contributed by atoms with Crippen LogP contribution in [0.1, 0.15) is 33.4 Å². The minimum atomic E-state index is -3.58. The number of anilines is 1. The molecule has 6 nitrogen and oxygen atoms in total. The van der Waals surface area contributed by atoms with Gasteiger partial charge in [-0.15, -0.1) is 0 Å². The first kappa shape index (κ1) is 16.1. The van der Waals surface area contributed by atoms with Crippen LogP contribution in [0.3, 0.4) is 0 Å². The lowest BCUT2D eigenvalue weighted by molar-refractivity contribution is -0.114. The van der Waals surface area contributed by atoms with E-state index in [0.717, 1.165) is 11.3 Å². The van der Waals surface area contributed by atoms with Crippen LogP contribution in [0.25, 0.3) is 0 Å². The quantitative estimate of drug-likeness (QED) is 0.886. The standard InChI is InChI=1S/C11H19N3O3S2/c1-7-9(18-10(13-7)14-8(2)15)19(16,17)12-6-11(3,4)5/h12H,6H2,1-5H3,(H,13,14,15). The highest BCUT2D eigenvalue weighted by molar-refractivity contribution is 7.91. The van der Waals surface area contributed by atoms with E-state index in [2.05, 4.69) is 15.0 Å². The fourth-order valence-corrected chi connectivity index (χ4v) is 4.00. The van der Waals surface area contributed by atoms with Gasteiger partial charge in [0.25, 0.3) is 10.0 Å². The summed E-state index contributed by atoms with van der Waals surface area (Å²) in [5.41, 5.74) is 0.238. The van der Waals surface area contributed by atoms with Crippen LogP contribution in [0, 0.1) is 12.3 Å². The SMILES string of the molecule is CC(=O)Nc1nc(C)c(S(=O)(=O)NCC(C)(C)C)s1. The fraction of sp³-hybridized carbons (Fsp3) is 0.636. The monoisotopic (exact) mass is 305 g/mol. The summed E-state index contributed by atoms with van der Waals surface area (Å²) < 4.78 is 27.0. The van der Waals surface area contributed by atoms with Crippen LogP contribution in [0.5, 0.6) is 0 Å². The van der Waals surface area contributed by atoms with Gasteiger partial charge < -0.3 is 5.32 Å². The van der Waals surface area contributed by atoms with Gasteiger partial charge in [-0.1, -0.05) is 32.1 Å². The molecule has 108 valence electrons. The van der Waals surface area contributed by atoms with Gasteiger partial charge in [-0.2, -0.15) is 0 Å². The number of sulfonamides is 1. The molecule has 1 aromatic rings. The Kier molecular flexibility index (Phi) is 4.70. The maximum Gasteiger partial charge on any atom is 0.252 e. The zero-order valence-electron chi connectivity index (χ0n) is 11.7. The number of hydrogen-bond donors (Lipinski definition) is 2. The van der Waals surface area contributed by atoms with E-state index in [1.54, 1.807) is 6.92 Å². The molecule has 0 aliphatic carbocycles. The lowest BCUT2D eigenvalue weighted by Crippen LogP contribution is -2.32. The Bertz CT molecular complexity index is 570. The maximum absolute atomic E-state index is 12.1. The number of aryl methyl sites for hydroxylation is 1. The van der Waals surface area contributed by atoms with Gasteiger partial charge in [0.2, 0.25) is 5.91 Å². The summed E-state index contributed by atoms with van der Waals surface area (Å²) in [6.07, 6.45) is 0. The van der Waals surface area contributed by atoms with Crippen molar-refractivity contribution < 1.29 is 13.2 Å². The molecule has 0 atom stereocenters. The van der Waals surface area contributed by atoms with Crippen molar-refractivity contribution in [3.63, 3.8) is 0 Å². The van der Waals surface area contributed by atoms with E-state index in [1.807, 2.05) is 20.8 Å². The number of nitrogens with zero attached hydrogens (tertiary/aromatic N) is 1. The minimum absolute atomic E-state index is 0.139. The van der Waals surface area contributed by atoms with Gasteiger partial charge in [-0.05, 0) is 12.3 Å². The van der Waals surface area contributed by atoms with E-state index in [4.69, 9.17) is 0 Å². The van der Waals surface area contributed by atoms with Gasteiger partial charge in [-0.3, -0.25) is 4.79 Å². The number of hydrogen-bond acceptors (Lipinski definition) is 5. The van der Waals surface area contributed by atoms with Gasteiger partial charge in [0.15, 0.2) is 9.34 Å². The van der Waals surface area contributed by atoms with Crippen LogP contribution in [0.2, 0.25) is 0 Å². The van der Waals surface area contributed by atoms with Crippen LogP contribution in [-0.4, -0.2) is 25.9 Å². The van der Waals surface area contributed by atoms with Crippen LogP contribution < -0.4 is 10.0 Å². The largest absolute Gasteiger partial charge is 0.302 e. The van der Waals surface area contributed by atoms with Crippen molar-refractivity contribution in [1.29, 1.82) is 0 Å². The molecule has 0 bridgehead atoms. The second-order valence-corrected chi connectivity index (χ2v) is 8.42. The normalized spacial score (nSPS) is 12.5. The van der Waals surface area contributed by atoms with Gasteiger partial charge in [0.1, 0.15) is 0 Å². The first-order chi connectivity index (χ1) is 8.51. The predicted molar refractivity (Wildman–Crippen MR) is 75.8 cm³/mol. The molecule has 0 saturated carbocycles. The Balaban J connectivity index is 2.95. The van der Waals surface area contributed by atoms with Gasteiger partial charge in [0.05, 0.1) is 5.69 Å². The molecule has 1 aromatic heterocycles. The molecule has 0 saturated heterocycles. The van der Waals surface area contributed by atoms with Crippen molar-refractivity contribution in [2.75, 3.05) is 11.9 Å². The summed E-state index contributed by atoms with van der Waals surface area (Å²) in [4.78, 5) is 15.0. The number of carbonyl (C=O) groups excluding carboxylic acids is 1. The molecule has 0 unspecified atom stereocenters. The number of carbonyl (C=O) groups is 1. The summed E-state index contributed by atoms with van der Waals surface area (Å²) in [7, 11) is -3.58. The van der Waals surface area contributed by atoms with E-state index in [1.165, 1.54) is 6.92 Å². The van der Waals surface area contributed by atoms with Crippen molar-refractivity contribution in [1.82, 2.24) is 9.71 Å². The summed E-state index contributed by atoms with van der Waals surface area (Å²) in [5, 5.41) is 2.78. The third-order valence-electron chi connectivity index (χ3n) is 2.07. The Labute approximate surface area is 117 Å². The van der Waals surface area contributed by atoms with Gasteiger partial charge in [0, 0.05) is 13.5 Å². The molecule has 0 fully saturated rings. The van der Waals surface area contributed by atoms with E-state index in [0.29, 0.717) is 17.4 Å². The van der Waals surface area contributed by atoms with Crippen molar-refractivity contribution >= 4 is 32.4 Å². The molecule has 0 spiro atoms. The van der Waals surface area contributed by atoms with Crippen LogP contribution in [0.4, 0.5) is 5.13 Å². The first-order valence-electron chi connectivity index (χ1n) is 5.76. The van der Waals surface area contributed by atoms with Crippen molar-refractivity contribution in [2.24, 2.45) is 5.41 Å². The Morgan fingerprint density at radius 3 is 2.42 bits per heavy atom. The van der Waals surface area contributed by atoms with Crippen molar-refractivity contribution in [2.45, 2.75) is 38.8 Å². The lowest BCUT2D eigenvalue weighted by Gasteiger charge is -2.18. The third-order valence-corrected chi connectivity index (χ3v) is 5.16. The van der Waals surface area contributed by atoms with Gasteiger partial charge in [-0.25, -0.2) is 18.1 Å². The molecule has 1 heterocycles. The summed E-state index contributed by atoms with van der Waals surface area (Å²) in [5.74, 6) is -0.277. The molecular weight excluding hydrogens is 286 g/mol. The fourth-order valence-electron chi connectivity index (χ4n) is 1.21. The lowest BCUT2D eigenvalue weighted by atomic mass is 9.98. The zero-order valence-corrected chi connectivity index (χ0v) is 13.3. The highest BCUT2D eigenvalue weighted by Gasteiger charge is 2.24. The van der Waals surface area contributed by atoms with E-state index < -0.39 is 10.0 Å². The van der Waals surface area contributed by atoms with E-state index in [-0.39, 0.29) is 15.5 Å². The Morgan fingerprint density at radius 1 is 1.37 bits per heavy atom. The summed E-state index contributed by atoms with van der Waals surface area (Å²) in [6, 6.07) is 0. The molecule has 8 heteroatoms. The van der Waals surface area contributed by atoms with E-state index in [9.17, 15) is 13.2 Å². The summed E-state index contributed by atoms with van der Waals surface area (Å²) in [6.45, 7) is 9.12. The minimum Gasteiger partial charge on any atom is -0.302 e. The second-order valence-electron chi connectivity index (χ2n) is 5.46. The molecule has 0 aliphatic rings. The second kappa shape index (κ2) is 5.56.